The van der Waals surface area contributed by atoms with Crippen molar-refractivity contribution < 1.29 is 27.4 Å². The van der Waals surface area contributed by atoms with Crippen LogP contribution in [0.3, 0.4) is 0 Å². The largest absolute Gasteiger partial charge is 0.478 e. The SMILES string of the molecule is Cc1nc2c(-c3ccc(S(=O)(=O)N4CCOCC4)cc3)cc(C(=O)O)cc2n1C/C(F)=C/CN.Cl. The predicted octanol–water partition coefficient (Wildman–Crippen LogP) is 2.96. The van der Waals surface area contributed by atoms with Gasteiger partial charge in [0.05, 0.1) is 41.3 Å². The molecule has 188 valence electrons. The molecule has 0 unspecified atom stereocenters. The van der Waals surface area contributed by atoms with E-state index in [9.17, 15) is 22.7 Å². The minimum Gasteiger partial charge on any atom is -0.478 e. The van der Waals surface area contributed by atoms with Crippen LogP contribution in [-0.4, -0.2) is 66.2 Å². The summed E-state index contributed by atoms with van der Waals surface area (Å²) in [5, 5.41) is 9.65. The third kappa shape index (κ3) is 5.39. The van der Waals surface area contributed by atoms with Crippen molar-refractivity contribution in [2.24, 2.45) is 5.73 Å². The number of benzene rings is 2. The number of nitrogens with two attached hydrogens (primary N) is 1. The van der Waals surface area contributed by atoms with Crippen LogP contribution in [0.4, 0.5) is 4.39 Å². The molecule has 1 aliphatic rings. The number of allylic oxidation sites excluding steroid dienone is 1. The van der Waals surface area contributed by atoms with E-state index >= 15 is 0 Å². The van der Waals surface area contributed by atoms with Gasteiger partial charge in [0.1, 0.15) is 11.7 Å². The van der Waals surface area contributed by atoms with Gasteiger partial charge in [0.25, 0.3) is 0 Å². The van der Waals surface area contributed by atoms with Gasteiger partial charge in [-0.05, 0) is 42.8 Å². The zero-order valence-corrected chi connectivity index (χ0v) is 20.6. The Labute approximate surface area is 208 Å². The molecule has 0 amide bonds. The Balaban J connectivity index is 0.00000342. The van der Waals surface area contributed by atoms with Gasteiger partial charge in [-0.2, -0.15) is 4.31 Å². The van der Waals surface area contributed by atoms with Gasteiger partial charge in [0.15, 0.2) is 0 Å². The zero-order valence-electron chi connectivity index (χ0n) is 19.0. The third-order valence-corrected chi connectivity index (χ3v) is 7.63. The predicted molar refractivity (Wildman–Crippen MR) is 132 cm³/mol. The number of sulfonamides is 1. The topological polar surface area (TPSA) is 128 Å². The summed E-state index contributed by atoms with van der Waals surface area (Å²) in [6.45, 7) is 2.90. The number of morpholine rings is 1. The molecule has 0 spiro atoms. The first-order valence-electron chi connectivity index (χ1n) is 10.7. The number of aromatic nitrogens is 2. The summed E-state index contributed by atoms with van der Waals surface area (Å²) >= 11 is 0. The summed E-state index contributed by atoms with van der Waals surface area (Å²) < 4.78 is 48.3. The molecule has 0 aliphatic carbocycles. The Kier molecular flexibility index (Phi) is 8.29. The molecule has 1 aromatic heterocycles. The first-order chi connectivity index (χ1) is 16.2. The van der Waals surface area contributed by atoms with Crippen molar-refractivity contribution in [1.82, 2.24) is 13.9 Å². The van der Waals surface area contributed by atoms with Crippen molar-refractivity contribution in [3.63, 3.8) is 0 Å². The molecular formula is C23H26ClFN4O5S. The average Bonchev–Trinajstić information content (AvgIpc) is 3.14. The molecule has 35 heavy (non-hydrogen) atoms. The van der Waals surface area contributed by atoms with Crippen LogP contribution in [0.25, 0.3) is 22.2 Å². The smallest absolute Gasteiger partial charge is 0.335 e. The normalized spacial score (nSPS) is 15.2. The fourth-order valence-electron chi connectivity index (χ4n) is 3.97. The fourth-order valence-corrected chi connectivity index (χ4v) is 5.38. The molecule has 4 rings (SSSR count). The van der Waals surface area contributed by atoms with Gasteiger partial charge in [0.2, 0.25) is 10.0 Å². The van der Waals surface area contributed by atoms with E-state index in [0.29, 0.717) is 41.2 Å². The Morgan fingerprint density at radius 3 is 2.49 bits per heavy atom. The number of carboxylic acids is 1. The first-order valence-corrected chi connectivity index (χ1v) is 12.1. The van der Waals surface area contributed by atoms with Crippen LogP contribution < -0.4 is 5.73 Å². The molecule has 9 nitrogen and oxygen atoms in total. The van der Waals surface area contributed by atoms with Crippen LogP contribution in [0.1, 0.15) is 16.2 Å². The van der Waals surface area contributed by atoms with Crippen LogP contribution in [0.15, 0.2) is 53.2 Å². The lowest BCUT2D eigenvalue weighted by Crippen LogP contribution is -2.40. The Hall–Kier alpha value is -2.83. The molecule has 2 heterocycles. The Bertz CT molecular complexity index is 1370. The maximum Gasteiger partial charge on any atom is 0.335 e. The highest BCUT2D eigenvalue weighted by molar-refractivity contribution is 7.89. The van der Waals surface area contributed by atoms with Crippen molar-refractivity contribution in [2.45, 2.75) is 18.4 Å². The Morgan fingerprint density at radius 1 is 1.23 bits per heavy atom. The number of fused-ring (bicyclic) bond motifs is 1. The molecule has 1 aliphatic heterocycles. The number of aryl methyl sites for hydroxylation is 1. The van der Waals surface area contributed by atoms with E-state index < -0.39 is 21.8 Å². The third-order valence-electron chi connectivity index (χ3n) is 5.71. The summed E-state index contributed by atoms with van der Waals surface area (Å²) in [6.07, 6.45) is 1.25. The highest BCUT2D eigenvalue weighted by Gasteiger charge is 2.26. The van der Waals surface area contributed by atoms with Gasteiger partial charge in [-0.1, -0.05) is 12.1 Å². The minimum atomic E-state index is -3.67. The first kappa shape index (κ1) is 26.8. The lowest BCUT2D eigenvalue weighted by Gasteiger charge is -2.26. The molecule has 1 saturated heterocycles. The number of carboxylic acid groups (broad SMARTS) is 1. The number of carbonyl (C=O) groups is 1. The number of ether oxygens (including phenoxy) is 1. The standard InChI is InChI=1S/C23H25FN4O5S.ClH/c1-15-26-22-20(12-17(23(29)30)13-21(22)28(15)14-18(24)6-7-25)16-2-4-19(5-3-16)34(31,32)27-8-10-33-11-9-27;/h2-6,12-13H,7-11,14,25H2,1H3,(H,29,30);1H/b18-6-;. The van der Waals surface area contributed by atoms with Gasteiger partial charge in [-0.3, -0.25) is 0 Å². The van der Waals surface area contributed by atoms with E-state index in [1.54, 1.807) is 23.6 Å². The molecule has 3 N–H and O–H groups in total. The van der Waals surface area contributed by atoms with E-state index in [1.807, 2.05) is 0 Å². The van der Waals surface area contributed by atoms with E-state index in [-0.39, 0.29) is 49.0 Å². The maximum absolute atomic E-state index is 14.2. The van der Waals surface area contributed by atoms with Crippen LogP contribution in [0, 0.1) is 6.92 Å². The number of hydrogen-bond acceptors (Lipinski definition) is 6. The molecule has 0 radical (unpaired) electrons. The summed E-state index contributed by atoms with van der Waals surface area (Å²) in [5.41, 5.74) is 7.46. The summed E-state index contributed by atoms with van der Waals surface area (Å²) in [7, 11) is -3.67. The van der Waals surface area contributed by atoms with Gasteiger partial charge >= 0.3 is 5.97 Å². The van der Waals surface area contributed by atoms with Crippen molar-refractivity contribution >= 4 is 39.4 Å². The number of rotatable bonds is 7. The highest BCUT2D eigenvalue weighted by atomic mass is 35.5. The number of aromatic carboxylic acids is 1. The second-order valence-corrected chi connectivity index (χ2v) is 9.81. The lowest BCUT2D eigenvalue weighted by atomic mass is 10.0. The summed E-state index contributed by atoms with van der Waals surface area (Å²) in [5.74, 6) is -1.09. The number of imidazole rings is 1. The molecule has 1 fully saturated rings. The second kappa shape index (κ2) is 10.8. The highest BCUT2D eigenvalue weighted by Crippen LogP contribution is 2.32. The van der Waals surface area contributed by atoms with E-state index in [0.717, 1.165) is 0 Å². The number of halogens is 2. The van der Waals surface area contributed by atoms with E-state index in [4.69, 9.17) is 10.5 Å². The number of hydrogen-bond donors (Lipinski definition) is 2. The summed E-state index contributed by atoms with van der Waals surface area (Å²) in [6, 6.07) is 9.17. The zero-order chi connectivity index (χ0) is 24.5. The molecule has 12 heteroatoms. The van der Waals surface area contributed by atoms with Crippen molar-refractivity contribution in [3.8, 4) is 11.1 Å². The van der Waals surface area contributed by atoms with Gasteiger partial charge < -0.3 is 20.1 Å². The second-order valence-electron chi connectivity index (χ2n) is 7.87. The molecule has 0 saturated carbocycles. The molecule has 0 bridgehead atoms. The molecule has 3 aromatic rings. The quantitative estimate of drug-likeness (QED) is 0.486. The van der Waals surface area contributed by atoms with Crippen LogP contribution in [-0.2, 0) is 21.3 Å². The van der Waals surface area contributed by atoms with E-state index in [2.05, 4.69) is 4.98 Å². The minimum absolute atomic E-state index is 0. The van der Waals surface area contributed by atoms with Crippen LogP contribution >= 0.6 is 12.4 Å². The molecular weight excluding hydrogens is 499 g/mol. The Morgan fingerprint density at radius 2 is 1.89 bits per heavy atom. The van der Waals surface area contributed by atoms with Crippen molar-refractivity contribution in [3.05, 3.63) is 59.7 Å². The van der Waals surface area contributed by atoms with Crippen molar-refractivity contribution in [1.29, 1.82) is 0 Å². The molecule has 2 aromatic carbocycles. The number of nitrogens with zero attached hydrogens (tertiary/aromatic N) is 3. The van der Waals surface area contributed by atoms with Gasteiger partial charge in [-0.15, -0.1) is 12.4 Å². The van der Waals surface area contributed by atoms with Gasteiger partial charge in [0, 0.05) is 25.2 Å². The lowest BCUT2D eigenvalue weighted by molar-refractivity contribution is 0.0697. The summed E-state index contributed by atoms with van der Waals surface area (Å²) in [4.78, 5) is 16.5. The van der Waals surface area contributed by atoms with Crippen molar-refractivity contribution in [2.75, 3.05) is 32.8 Å². The van der Waals surface area contributed by atoms with Crippen LogP contribution in [0.2, 0.25) is 0 Å². The van der Waals surface area contributed by atoms with E-state index in [1.165, 1.54) is 34.6 Å². The van der Waals surface area contributed by atoms with Gasteiger partial charge in [-0.25, -0.2) is 22.6 Å². The molecule has 0 atom stereocenters. The maximum atomic E-state index is 14.2. The fraction of sp³-hybridized carbons (Fsp3) is 0.304. The monoisotopic (exact) mass is 524 g/mol. The average molecular weight is 525 g/mol. The van der Waals surface area contributed by atoms with Crippen LogP contribution in [0.5, 0.6) is 0 Å².